The Kier molecular flexibility index (Phi) is 5.05. The number of hydrogen-bond acceptors (Lipinski definition) is 5. The Labute approximate surface area is 139 Å². The predicted molar refractivity (Wildman–Crippen MR) is 86.0 cm³/mol. The summed E-state index contributed by atoms with van der Waals surface area (Å²) >= 11 is 0. The molecule has 0 fully saturated rings. The molecule has 2 aromatic carbocycles. The average molecular weight is 371 g/mol. The minimum absolute atomic E-state index is 0.00170. The number of rotatable bonds is 5. The minimum atomic E-state index is -4.16. The third-order valence-corrected chi connectivity index (χ3v) is 5.17. The number of benzene rings is 2. The van der Waals surface area contributed by atoms with Gasteiger partial charge in [-0.2, -0.15) is 0 Å². The predicted octanol–water partition coefficient (Wildman–Crippen LogP) is 1.49. The first kappa shape index (κ1) is 18.1. The molecule has 0 spiro atoms. The molecular weight excluding hydrogens is 357 g/mol. The molecule has 0 radical (unpaired) electrons. The van der Waals surface area contributed by atoms with Crippen LogP contribution in [-0.4, -0.2) is 29.0 Å². The van der Waals surface area contributed by atoms with E-state index in [9.17, 15) is 26.0 Å². The Morgan fingerprint density at radius 3 is 2.25 bits per heavy atom. The summed E-state index contributed by atoms with van der Waals surface area (Å²) in [5, 5.41) is 0. The van der Waals surface area contributed by atoms with Gasteiger partial charge in [0.2, 0.25) is 0 Å². The first-order valence-corrected chi connectivity index (χ1v) is 10.2. The lowest BCUT2D eigenvalue weighted by Crippen LogP contribution is -2.30. The summed E-state index contributed by atoms with van der Waals surface area (Å²) in [5.74, 6) is -1.78. The summed E-state index contributed by atoms with van der Waals surface area (Å²) in [6.45, 7) is 0. The first-order chi connectivity index (χ1) is 11.1. The Hall–Kier alpha value is -2.26. The topological polar surface area (TPSA) is 97.4 Å². The summed E-state index contributed by atoms with van der Waals surface area (Å²) in [6.07, 6.45) is 1.05. The van der Waals surface area contributed by atoms with Crippen LogP contribution in [0.5, 0.6) is 0 Å². The van der Waals surface area contributed by atoms with Crippen LogP contribution in [-0.2, 0) is 25.6 Å². The molecule has 0 unspecified atom stereocenters. The molecular formula is C15H14FNO5S2. The average Bonchev–Trinajstić information content (AvgIpc) is 2.45. The van der Waals surface area contributed by atoms with Crippen LogP contribution in [0.3, 0.4) is 0 Å². The van der Waals surface area contributed by atoms with E-state index < -0.39 is 31.6 Å². The molecule has 2 rings (SSSR count). The zero-order chi connectivity index (χ0) is 18.0. The van der Waals surface area contributed by atoms with Crippen LogP contribution in [0.1, 0.15) is 15.9 Å². The monoisotopic (exact) mass is 371 g/mol. The Morgan fingerprint density at radius 2 is 1.67 bits per heavy atom. The summed E-state index contributed by atoms with van der Waals surface area (Å²) in [7, 11) is -7.44. The van der Waals surface area contributed by atoms with Gasteiger partial charge in [-0.15, -0.1) is 0 Å². The SMILES string of the molecule is CS(=O)(=O)Cc1cccc(C(=O)NS(=O)(=O)c2ccc(F)cc2)c1. The van der Waals surface area contributed by atoms with Crippen molar-refractivity contribution in [1.82, 2.24) is 4.72 Å². The highest BCUT2D eigenvalue weighted by atomic mass is 32.2. The lowest BCUT2D eigenvalue weighted by molar-refractivity contribution is 0.0981. The molecule has 1 N–H and O–H groups in total. The van der Waals surface area contributed by atoms with E-state index in [4.69, 9.17) is 0 Å². The lowest BCUT2D eigenvalue weighted by Gasteiger charge is -2.08. The van der Waals surface area contributed by atoms with E-state index in [1.165, 1.54) is 24.3 Å². The standard InChI is InChI=1S/C15H14FNO5S2/c1-23(19,20)10-11-3-2-4-12(9-11)15(18)17-24(21,22)14-7-5-13(16)6-8-14/h2-9H,10H2,1H3,(H,17,18). The van der Waals surface area contributed by atoms with Crippen molar-refractivity contribution in [2.24, 2.45) is 0 Å². The second kappa shape index (κ2) is 6.70. The van der Waals surface area contributed by atoms with Gasteiger partial charge in [0.25, 0.3) is 15.9 Å². The van der Waals surface area contributed by atoms with Gasteiger partial charge in [0.1, 0.15) is 5.82 Å². The minimum Gasteiger partial charge on any atom is -0.268 e. The number of sulfonamides is 1. The Bertz CT molecular complexity index is 967. The van der Waals surface area contributed by atoms with Gasteiger partial charge in [-0.05, 0) is 42.0 Å². The third kappa shape index (κ3) is 4.87. The van der Waals surface area contributed by atoms with E-state index in [0.717, 1.165) is 30.5 Å². The van der Waals surface area contributed by atoms with E-state index in [2.05, 4.69) is 0 Å². The van der Waals surface area contributed by atoms with Gasteiger partial charge in [-0.1, -0.05) is 12.1 Å². The van der Waals surface area contributed by atoms with E-state index in [-0.39, 0.29) is 16.2 Å². The van der Waals surface area contributed by atoms with Crippen molar-refractivity contribution in [1.29, 1.82) is 0 Å². The van der Waals surface area contributed by atoms with Crippen LogP contribution in [0.25, 0.3) is 0 Å². The fourth-order valence-corrected chi connectivity index (χ4v) is 3.72. The highest BCUT2D eigenvalue weighted by molar-refractivity contribution is 7.90. The molecule has 0 saturated heterocycles. The van der Waals surface area contributed by atoms with Crippen LogP contribution in [0.4, 0.5) is 4.39 Å². The summed E-state index contributed by atoms with van der Waals surface area (Å²) in [4.78, 5) is 11.8. The van der Waals surface area contributed by atoms with Gasteiger partial charge < -0.3 is 0 Å². The van der Waals surface area contributed by atoms with Crippen molar-refractivity contribution in [3.63, 3.8) is 0 Å². The maximum Gasteiger partial charge on any atom is 0.265 e. The highest BCUT2D eigenvalue weighted by Gasteiger charge is 2.19. The quantitative estimate of drug-likeness (QED) is 0.859. The molecule has 1 amide bonds. The number of nitrogens with one attached hydrogen (secondary N) is 1. The second-order valence-corrected chi connectivity index (χ2v) is 8.98. The molecule has 0 aliphatic heterocycles. The van der Waals surface area contributed by atoms with E-state index in [1.54, 1.807) is 0 Å². The molecule has 2 aromatic rings. The zero-order valence-corrected chi connectivity index (χ0v) is 14.2. The summed E-state index contributed by atoms with van der Waals surface area (Å²) in [5.41, 5.74) is 0.367. The van der Waals surface area contributed by atoms with Crippen molar-refractivity contribution >= 4 is 25.8 Å². The van der Waals surface area contributed by atoms with Gasteiger partial charge in [-0.25, -0.2) is 25.9 Å². The fraction of sp³-hybridized carbons (Fsp3) is 0.133. The summed E-state index contributed by atoms with van der Waals surface area (Å²) in [6, 6.07) is 9.64. The molecule has 0 atom stereocenters. The van der Waals surface area contributed by atoms with Crippen molar-refractivity contribution in [3.05, 3.63) is 65.5 Å². The first-order valence-electron chi connectivity index (χ1n) is 6.66. The second-order valence-electron chi connectivity index (χ2n) is 5.16. The van der Waals surface area contributed by atoms with Gasteiger partial charge >= 0.3 is 0 Å². The van der Waals surface area contributed by atoms with Crippen molar-refractivity contribution in [3.8, 4) is 0 Å². The van der Waals surface area contributed by atoms with E-state index in [1.807, 2.05) is 4.72 Å². The van der Waals surface area contributed by atoms with E-state index >= 15 is 0 Å². The fourth-order valence-electron chi connectivity index (χ4n) is 1.96. The Balaban J connectivity index is 2.23. The molecule has 6 nitrogen and oxygen atoms in total. The van der Waals surface area contributed by atoms with Gasteiger partial charge in [0.05, 0.1) is 10.6 Å². The highest BCUT2D eigenvalue weighted by Crippen LogP contribution is 2.12. The number of carbonyl (C=O) groups is 1. The van der Waals surface area contributed by atoms with Gasteiger partial charge in [0.15, 0.2) is 9.84 Å². The third-order valence-electron chi connectivity index (χ3n) is 2.97. The number of amides is 1. The molecule has 0 saturated carbocycles. The summed E-state index contributed by atoms with van der Waals surface area (Å²) < 4.78 is 61.5. The number of carbonyl (C=O) groups excluding carboxylic acids is 1. The normalized spacial score (nSPS) is 11.9. The molecule has 0 aromatic heterocycles. The lowest BCUT2D eigenvalue weighted by atomic mass is 10.1. The number of sulfone groups is 1. The molecule has 0 aliphatic rings. The van der Waals surface area contributed by atoms with Crippen LogP contribution in [0.15, 0.2) is 53.4 Å². The van der Waals surface area contributed by atoms with Crippen LogP contribution in [0.2, 0.25) is 0 Å². The van der Waals surface area contributed by atoms with E-state index in [0.29, 0.717) is 5.56 Å². The number of halogens is 1. The maximum atomic E-state index is 12.9. The zero-order valence-electron chi connectivity index (χ0n) is 12.6. The van der Waals surface area contributed by atoms with Gasteiger partial charge in [-0.3, -0.25) is 4.79 Å². The molecule has 128 valence electrons. The smallest absolute Gasteiger partial charge is 0.265 e. The van der Waals surface area contributed by atoms with Crippen molar-refractivity contribution in [2.75, 3.05) is 6.26 Å². The Morgan fingerprint density at radius 1 is 1.04 bits per heavy atom. The van der Waals surface area contributed by atoms with Crippen LogP contribution < -0.4 is 4.72 Å². The molecule has 9 heteroatoms. The largest absolute Gasteiger partial charge is 0.268 e. The van der Waals surface area contributed by atoms with Crippen molar-refractivity contribution in [2.45, 2.75) is 10.6 Å². The van der Waals surface area contributed by atoms with Crippen LogP contribution in [0, 0.1) is 5.82 Å². The molecule has 0 bridgehead atoms. The molecule has 24 heavy (non-hydrogen) atoms. The molecule has 0 aliphatic carbocycles. The van der Waals surface area contributed by atoms with Crippen LogP contribution >= 0.6 is 0 Å². The van der Waals surface area contributed by atoms with Crippen molar-refractivity contribution < 1.29 is 26.0 Å². The number of hydrogen-bond donors (Lipinski definition) is 1. The molecule has 0 heterocycles. The van der Waals surface area contributed by atoms with Gasteiger partial charge in [0, 0.05) is 11.8 Å². The maximum absolute atomic E-state index is 12.9.